The van der Waals surface area contributed by atoms with Crippen LogP contribution in [0.25, 0.3) is 0 Å². The summed E-state index contributed by atoms with van der Waals surface area (Å²) >= 11 is 0. The molecular formula is C12H20O2. The molecule has 0 radical (unpaired) electrons. The number of esters is 1. The highest BCUT2D eigenvalue weighted by atomic mass is 16.6. The number of carbonyl (C=O) groups is 1. The first-order valence-electron chi connectivity index (χ1n) is 5.59. The summed E-state index contributed by atoms with van der Waals surface area (Å²) in [7, 11) is 0. The highest BCUT2D eigenvalue weighted by Crippen LogP contribution is 2.55. The Morgan fingerprint density at radius 2 is 2.00 bits per heavy atom. The van der Waals surface area contributed by atoms with Crippen LogP contribution in [0, 0.1) is 17.3 Å². The van der Waals surface area contributed by atoms with E-state index in [4.69, 9.17) is 4.74 Å². The lowest BCUT2D eigenvalue weighted by Crippen LogP contribution is -2.29. The molecule has 0 aromatic rings. The van der Waals surface area contributed by atoms with Crippen molar-refractivity contribution in [2.24, 2.45) is 17.3 Å². The van der Waals surface area contributed by atoms with E-state index in [1.807, 2.05) is 13.8 Å². The second kappa shape index (κ2) is 2.74. The Labute approximate surface area is 86.0 Å². The van der Waals surface area contributed by atoms with E-state index < -0.39 is 0 Å². The third-order valence-electron chi connectivity index (χ3n) is 3.93. The molecule has 2 heteroatoms. The summed E-state index contributed by atoms with van der Waals surface area (Å²) in [5, 5.41) is 0. The molecule has 1 heterocycles. The third-order valence-corrected chi connectivity index (χ3v) is 3.93. The van der Waals surface area contributed by atoms with Crippen LogP contribution in [-0.4, -0.2) is 11.6 Å². The van der Waals surface area contributed by atoms with Crippen molar-refractivity contribution in [3.05, 3.63) is 0 Å². The molecular weight excluding hydrogens is 176 g/mol. The molecule has 3 atom stereocenters. The van der Waals surface area contributed by atoms with Crippen LogP contribution < -0.4 is 0 Å². The maximum absolute atomic E-state index is 11.9. The summed E-state index contributed by atoms with van der Waals surface area (Å²) in [6.07, 6.45) is 3.10. The summed E-state index contributed by atoms with van der Waals surface area (Å²) in [6, 6.07) is 0. The molecule has 0 N–H and O–H groups in total. The van der Waals surface area contributed by atoms with Crippen molar-refractivity contribution >= 4 is 5.97 Å². The summed E-state index contributed by atoms with van der Waals surface area (Å²) < 4.78 is 5.47. The zero-order valence-corrected chi connectivity index (χ0v) is 9.59. The van der Waals surface area contributed by atoms with Gasteiger partial charge >= 0.3 is 5.97 Å². The predicted octanol–water partition coefficient (Wildman–Crippen LogP) is 2.76. The summed E-state index contributed by atoms with van der Waals surface area (Å²) in [5.41, 5.74) is -0.391. The Morgan fingerprint density at radius 1 is 1.36 bits per heavy atom. The monoisotopic (exact) mass is 196 g/mol. The van der Waals surface area contributed by atoms with E-state index in [0.29, 0.717) is 11.8 Å². The van der Waals surface area contributed by atoms with Gasteiger partial charge in [-0.3, -0.25) is 4.79 Å². The van der Waals surface area contributed by atoms with E-state index in [0.717, 1.165) is 12.8 Å². The van der Waals surface area contributed by atoms with Crippen molar-refractivity contribution in [3.8, 4) is 0 Å². The number of cyclic esters (lactones) is 1. The Morgan fingerprint density at radius 3 is 2.36 bits per heavy atom. The maximum atomic E-state index is 11.9. The van der Waals surface area contributed by atoms with E-state index >= 15 is 0 Å². The van der Waals surface area contributed by atoms with Crippen LogP contribution in [0.15, 0.2) is 0 Å². The van der Waals surface area contributed by atoms with Crippen molar-refractivity contribution in [1.82, 2.24) is 0 Å². The van der Waals surface area contributed by atoms with Crippen molar-refractivity contribution in [1.29, 1.82) is 0 Å². The fraction of sp³-hybridized carbons (Fsp3) is 0.917. The average Bonchev–Trinajstić information content (AvgIpc) is 2.35. The number of hydrogen-bond donors (Lipinski definition) is 0. The van der Waals surface area contributed by atoms with Crippen molar-refractivity contribution in [2.75, 3.05) is 0 Å². The standard InChI is InChI=1S/C12H20O2/c1-8-5-9(2)12(6-8)7-11(3,4)14-10(12)13/h8-9H,5-7H2,1-4H3. The molecule has 1 aliphatic heterocycles. The van der Waals surface area contributed by atoms with E-state index in [1.165, 1.54) is 6.42 Å². The number of rotatable bonds is 0. The third kappa shape index (κ3) is 1.27. The topological polar surface area (TPSA) is 26.3 Å². The highest BCUT2D eigenvalue weighted by molar-refractivity contribution is 5.80. The highest BCUT2D eigenvalue weighted by Gasteiger charge is 2.58. The van der Waals surface area contributed by atoms with E-state index in [-0.39, 0.29) is 17.0 Å². The van der Waals surface area contributed by atoms with Gasteiger partial charge in [-0.05, 0) is 38.5 Å². The molecule has 80 valence electrons. The van der Waals surface area contributed by atoms with Gasteiger partial charge in [0, 0.05) is 6.42 Å². The van der Waals surface area contributed by atoms with Gasteiger partial charge in [0.2, 0.25) is 0 Å². The first-order valence-corrected chi connectivity index (χ1v) is 5.59. The van der Waals surface area contributed by atoms with Gasteiger partial charge in [-0.15, -0.1) is 0 Å². The molecule has 1 saturated heterocycles. The molecule has 14 heavy (non-hydrogen) atoms. The van der Waals surface area contributed by atoms with Crippen LogP contribution >= 0.6 is 0 Å². The molecule has 1 spiro atoms. The summed E-state index contributed by atoms with van der Waals surface area (Å²) in [4.78, 5) is 11.9. The van der Waals surface area contributed by atoms with Gasteiger partial charge in [0.05, 0.1) is 5.41 Å². The molecule has 0 amide bonds. The van der Waals surface area contributed by atoms with E-state index in [1.54, 1.807) is 0 Å². The molecule has 0 aromatic heterocycles. The Kier molecular flexibility index (Phi) is 1.96. The molecule has 0 bridgehead atoms. The van der Waals surface area contributed by atoms with Crippen LogP contribution in [0.1, 0.15) is 47.0 Å². The van der Waals surface area contributed by atoms with Crippen molar-refractivity contribution < 1.29 is 9.53 Å². The summed E-state index contributed by atoms with van der Waals surface area (Å²) in [6.45, 7) is 8.49. The molecule has 2 nitrogen and oxygen atoms in total. The minimum atomic E-state index is -0.241. The van der Waals surface area contributed by atoms with Gasteiger partial charge in [-0.25, -0.2) is 0 Å². The smallest absolute Gasteiger partial charge is 0.313 e. The number of carbonyl (C=O) groups excluding carboxylic acids is 1. The molecule has 2 aliphatic rings. The minimum absolute atomic E-state index is 0.0550. The first-order chi connectivity index (χ1) is 6.36. The van der Waals surface area contributed by atoms with Gasteiger partial charge in [-0.2, -0.15) is 0 Å². The molecule has 1 aliphatic carbocycles. The Balaban J connectivity index is 2.29. The fourth-order valence-electron chi connectivity index (χ4n) is 3.49. The zero-order valence-electron chi connectivity index (χ0n) is 9.59. The lowest BCUT2D eigenvalue weighted by atomic mass is 9.74. The molecule has 1 saturated carbocycles. The van der Waals surface area contributed by atoms with Crippen LogP contribution in [0.2, 0.25) is 0 Å². The van der Waals surface area contributed by atoms with Crippen molar-refractivity contribution in [3.63, 3.8) is 0 Å². The van der Waals surface area contributed by atoms with Crippen LogP contribution in [0.3, 0.4) is 0 Å². The number of hydrogen-bond acceptors (Lipinski definition) is 2. The lowest BCUT2D eigenvalue weighted by molar-refractivity contribution is -0.153. The normalized spacial score (nSPS) is 45.9. The van der Waals surface area contributed by atoms with Gasteiger partial charge in [0.25, 0.3) is 0 Å². The van der Waals surface area contributed by atoms with Gasteiger partial charge < -0.3 is 4.74 Å². The predicted molar refractivity (Wildman–Crippen MR) is 54.8 cm³/mol. The molecule has 3 unspecified atom stereocenters. The molecule has 0 aromatic carbocycles. The van der Waals surface area contributed by atoms with Crippen LogP contribution in [0.5, 0.6) is 0 Å². The number of ether oxygens (including phenoxy) is 1. The largest absolute Gasteiger partial charge is 0.459 e. The minimum Gasteiger partial charge on any atom is -0.459 e. The molecule has 2 fully saturated rings. The SMILES string of the molecule is CC1CC(C)C2(C1)CC(C)(C)OC2=O. The van der Waals surface area contributed by atoms with Gasteiger partial charge in [-0.1, -0.05) is 13.8 Å². The quantitative estimate of drug-likeness (QED) is 0.557. The maximum Gasteiger partial charge on any atom is 0.313 e. The van der Waals surface area contributed by atoms with Crippen LogP contribution in [-0.2, 0) is 9.53 Å². The second-order valence-corrected chi connectivity index (χ2v) is 5.93. The van der Waals surface area contributed by atoms with Gasteiger partial charge in [0.1, 0.15) is 5.60 Å². The lowest BCUT2D eigenvalue weighted by Gasteiger charge is -2.24. The van der Waals surface area contributed by atoms with Crippen LogP contribution in [0.4, 0.5) is 0 Å². The zero-order chi connectivity index (χ0) is 10.6. The fourth-order valence-corrected chi connectivity index (χ4v) is 3.49. The second-order valence-electron chi connectivity index (χ2n) is 5.93. The average molecular weight is 196 g/mol. The van der Waals surface area contributed by atoms with Crippen molar-refractivity contribution in [2.45, 2.75) is 52.6 Å². The Hall–Kier alpha value is -0.530. The Bertz CT molecular complexity index is 269. The van der Waals surface area contributed by atoms with E-state index in [9.17, 15) is 4.79 Å². The van der Waals surface area contributed by atoms with E-state index in [2.05, 4.69) is 13.8 Å². The van der Waals surface area contributed by atoms with Gasteiger partial charge in [0.15, 0.2) is 0 Å². The summed E-state index contributed by atoms with van der Waals surface area (Å²) in [5.74, 6) is 1.22. The molecule has 2 rings (SSSR count). The first kappa shape index (κ1) is 10.0.